The molecule has 0 unspecified atom stereocenters. The Morgan fingerprint density at radius 1 is 0.632 bits per heavy atom. The number of hydrogen-bond acceptors (Lipinski definition) is 0. The molecule has 1 aliphatic carbocycles. The lowest BCUT2D eigenvalue weighted by Gasteiger charge is -2.11. The Balaban J connectivity index is 2.16. The maximum Gasteiger partial charge on any atom is 0.0260 e. The first-order valence-electron chi connectivity index (χ1n) is 6.33. The second kappa shape index (κ2) is 4.07. The van der Waals surface area contributed by atoms with Crippen molar-refractivity contribution in [1.82, 2.24) is 0 Å². The molecule has 0 bridgehead atoms. The summed E-state index contributed by atoms with van der Waals surface area (Å²) in [6, 6.07) is 19.3. The Kier molecular flexibility index (Phi) is 2.36. The third-order valence-electron chi connectivity index (χ3n) is 3.70. The molecule has 0 nitrogen and oxygen atoms in total. The van der Waals surface area contributed by atoms with Gasteiger partial charge in [-0.05, 0) is 33.7 Å². The number of halogens is 1. The Morgan fingerprint density at radius 3 is 2.05 bits per heavy atom. The fourth-order valence-electron chi connectivity index (χ4n) is 2.82. The van der Waals surface area contributed by atoms with E-state index in [2.05, 4.69) is 82.7 Å². The molecule has 0 saturated heterocycles. The van der Waals surface area contributed by atoms with Gasteiger partial charge in [-0.15, -0.1) is 0 Å². The van der Waals surface area contributed by atoms with Crippen molar-refractivity contribution >= 4 is 38.9 Å². The second-order valence-electron chi connectivity index (χ2n) is 4.79. The maximum atomic E-state index is 3.71. The predicted molar refractivity (Wildman–Crippen MR) is 86.0 cm³/mol. The van der Waals surface area contributed by atoms with E-state index in [-0.39, 0.29) is 0 Å². The molecule has 0 N–H and O–H groups in total. The zero-order valence-corrected chi connectivity index (χ0v) is 11.8. The SMILES string of the molecule is Brc1ccc2c3c(ccc(-c4ccccc4)c13)C=C2. The van der Waals surface area contributed by atoms with Gasteiger partial charge in [0.1, 0.15) is 0 Å². The Morgan fingerprint density at radius 2 is 1.32 bits per heavy atom. The molecule has 0 saturated carbocycles. The molecule has 19 heavy (non-hydrogen) atoms. The zero-order chi connectivity index (χ0) is 12.8. The average Bonchev–Trinajstić information content (AvgIpc) is 2.88. The number of rotatable bonds is 1. The van der Waals surface area contributed by atoms with Crippen LogP contribution in [0.3, 0.4) is 0 Å². The summed E-state index contributed by atoms with van der Waals surface area (Å²) >= 11 is 3.71. The second-order valence-corrected chi connectivity index (χ2v) is 5.64. The third kappa shape index (κ3) is 1.58. The highest BCUT2D eigenvalue weighted by atomic mass is 79.9. The number of hydrogen-bond donors (Lipinski definition) is 0. The third-order valence-corrected chi connectivity index (χ3v) is 4.36. The molecule has 1 heteroatoms. The van der Waals surface area contributed by atoms with Crippen molar-refractivity contribution in [3.63, 3.8) is 0 Å². The Hall–Kier alpha value is -1.86. The molecule has 0 fully saturated rings. The monoisotopic (exact) mass is 306 g/mol. The maximum absolute atomic E-state index is 3.71. The Bertz CT molecular complexity index is 802. The fourth-order valence-corrected chi connectivity index (χ4v) is 3.37. The van der Waals surface area contributed by atoms with Crippen molar-refractivity contribution in [2.75, 3.05) is 0 Å². The van der Waals surface area contributed by atoms with Gasteiger partial charge in [0, 0.05) is 9.86 Å². The summed E-state index contributed by atoms with van der Waals surface area (Å²) in [4.78, 5) is 0. The zero-order valence-electron chi connectivity index (χ0n) is 10.2. The van der Waals surface area contributed by atoms with Crippen molar-refractivity contribution in [3.8, 4) is 11.1 Å². The molecule has 0 heterocycles. The van der Waals surface area contributed by atoms with Gasteiger partial charge >= 0.3 is 0 Å². The molecule has 0 aromatic heterocycles. The minimum atomic E-state index is 1.16. The first kappa shape index (κ1) is 11.0. The topological polar surface area (TPSA) is 0 Å². The lowest BCUT2D eigenvalue weighted by Crippen LogP contribution is -1.86. The quantitative estimate of drug-likeness (QED) is 0.420. The van der Waals surface area contributed by atoms with E-state index in [4.69, 9.17) is 0 Å². The molecule has 0 atom stereocenters. The van der Waals surface area contributed by atoms with E-state index in [1.807, 2.05) is 0 Å². The van der Waals surface area contributed by atoms with Crippen LogP contribution < -0.4 is 0 Å². The van der Waals surface area contributed by atoms with Crippen molar-refractivity contribution in [3.05, 3.63) is 70.2 Å². The summed E-state index contributed by atoms with van der Waals surface area (Å²) in [5, 5.41) is 2.67. The van der Waals surface area contributed by atoms with Crippen molar-refractivity contribution < 1.29 is 0 Å². The van der Waals surface area contributed by atoms with Gasteiger partial charge < -0.3 is 0 Å². The summed E-state index contributed by atoms with van der Waals surface area (Å²) in [7, 11) is 0. The van der Waals surface area contributed by atoms with E-state index in [1.165, 1.54) is 33.0 Å². The highest BCUT2D eigenvalue weighted by Gasteiger charge is 2.15. The van der Waals surface area contributed by atoms with E-state index in [0.29, 0.717) is 0 Å². The van der Waals surface area contributed by atoms with Gasteiger partial charge in [0.25, 0.3) is 0 Å². The van der Waals surface area contributed by atoms with Crippen LogP contribution in [-0.4, -0.2) is 0 Å². The molecule has 0 radical (unpaired) electrons. The van der Waals surface area contributed by atoms with E-state index in [9.17, 15) is 0 Å². The first-order valence-corrected chi connectivity index (χ1v) is 7.12. The van der Waals surface area contributed by atoms with Crippen LogP contribution >= 0.6 is 15.9 Å². The van der Waals surface area contributed by atoms with Crippen molar-refractivity contribution in [2.24, 2.45) is 0 Å². The minimum absolute atomic E-state index is 1.16. The van der Waals surface area contributed by atoms with E-state index in [0.717, 1.165) is 4.47 Å². The number of benzene rings is 3. The smallest absolute Gasteiger partial charge is 0.0260 e. The molecular weight excluding hydrogens is 296 g/mol. The van der Waals surface area contributed by atoms with Crippen LogP contribution in [0.4, 0.5) is 0 Å². The van der Waals surface area contributed by atoms with Gasteiger partial charge in [-0.25, -0.2) is 0 Å². The van der Waals surface area contributed by atoms with Crippen LogP contribution in [0.1, 0.15) is 11.1 Å². The Labute approximate surface area is 120 Å². The lowest BCUT2D eigenvalue weighted by atomic mass is 9.95. The van der Waals surface area contributed by atoms with Crippen molar-refractivity contribution in [2.45, 2.75) is 0 Å². The molecule has 1 aliphatic rings. The van der Waals surface area contributed by atoms with Gasteiger partial charge in [-0.2, -0.15) is 0 Å². The van der Waals surface area contributed by atoms with Crippen LogP contribution in [0, 0.1) is 0 Å². The van der Waals surface area contributed by atoms with Crippen LogP contribution in [0.5, 0.6) is 0 Å². The van der Waals surface area contributed by atoms with Crippen LogP contribution in [-0.2, 0) is 0 Å². The molecule has 0 amide bonds. The molecule has 0 spiro atoms. The largest absolute Gasteiger partial charge is 0.0622 e. The minimum Gasteiger partial charge on any atom is -0.0622 e. The molecule has 3 aromatic rings. The van der Waals surface area contributed by atoms with Gasteiger partial charge in [0.2, 0.25) is 0 Å². The van der Waals surface area contributed by atoms with Gasteiger partial charge in [0.05, 0.1) is 0 Å². The summed E-state index contributed by atoms with van der Waals surface area (Å²) in [5.41, 5.74) is 5.17. The first-order chi connectivity index (χ1) is 9.34. The average molecular weight is 307 g/mol. The van der Waals surface area contributed by atoms with E-state index >= 15 is 0 Å². The summed E-state index contributed by atoms with van der Waals surface area (Å²) in [6.07, 6.45) is 4.39. The van der Waals surface area contributed by atoms with Crippen LogP contribution in [0.15, 0.2) is 59.1 Å². The van der Waals surface area contributed by atoms with Crippen LogP contribution in [0.25, 0.3) is 34.1 Å². The fraction of sp³-hybridized carbons (Fsp3) is 0. The standard InChI is InChI=1S/C18H11Br/c19-16-11-9-14-7-6-13-8-10-15(18(16)17(13)14)12-4-2-1-3-5-12/h1-11H. The predicted octanol–water partition coefficient (Wildman–Crippen LogP) is 5.75. The highest BCUT2D eigenvalue weighted by molar-refractivity contribution is 9.10. The van der Waals surface area contributed by atoms with Gasteiger partial charge in [-0.3, -0.25) is 0 Å². The molecule has 3 aromatic carbocycles. The molecular formula is C18H11Br. The summed E-state index contributed by atoms with van der Waals surface area (Å²) in [6.45, 7) is 0. The summed E-state index contributed by atoms with van der Waals surface area (Å²) < 4.78 is 1.16. The van der Waals surface area contributed by atoms with E-state index < -0.39 is 0 Å². The van der Waals surface area contributed by atoms with Crippen molar-refractivity contribution in [1.29, 1.82) is 0 Å². The lowest BCUT2D eigenvalue weighted by molar-refractivity contribution is 1.63. The highest BCUT2D eigenvalue weighted by Crippen LogP contribution is 2.40. The normalized spacial score (nSPS) is 12.3. The van der Waals surface area contributed by atoms with E-state index in [1.54, 1.807) is 0 Å². The molecule has 90 valence electrons. The summed E-state index contributed by atoms with van der Waals surface area (Å²) in [5.74, 6) is 0. The van der Waals surface area contributed by atoms with Gasteiger partial charge in [-0.1, -0.05) is 76.6 Å². The van der Waals surface area contributed by atoms with Crippen LogP contribution in [0.2, 0.25) is 0 Å². The van der Waals surface area contributed by atoms with Gasteiger partial charge in [0.15, 0.2) is 0 Å². The molecule has 4 rings (SSSR count). The molecule has 0 aliphatic heterocycles.